The van der Waals surface area contributed by atoms with Crippen molar-refractivity contribution in [1.82, 2.24) is 0 Å². The van der Waals surface area contributed by atoms with Crippen LogP contribution in [0, 0.1) is 0 Å². The Bertz CT molecular complexity index is 321. The largest absolute Gasteiger partial charge is 0.463 e. The zero-order valence-corrected chi connectivity index (χ0v) is 17.7. The number of rotatable bonds is 12. The van der Waals surface area contributed by atoms with Crippen molar-refractivity contribution in [1.29, 1.82) is 0 Å². The molecule has 1 atom stereocenters. The second kappa shape index (κ2) is 11.2. The Labute approximate surface area is 145 Å². The van der Waals surface area contributed by atoms with Crippen molar-refractivity contribution in [3.63, 3.8) is 0 Å². The molecule has 0 bridgehead atoms. The predicted octanol–water partition coefficient (Wildman–Crippen LogP) is 6.08. The second-order valence-electron chi connectivity index (χ2n) is 8.22. The summed E-state index contributed by atoms with van der Waals surface area (Å²) in [5.41, 5.74) is 0. The Morgan fingerprint density at radius 3 is 2.17 bits per heavy atom. The van der Waals surface area contributed by atoms with Gasteiger partial charge >= 0.3 is 5.97 Å². The van der Waals surface area contributed by atoms with Crippen molar-refractivity contribution >= 4 is 14.3 Å². The average Bonchev–Trinajstić information content (AvgIpc) is 2.40. The fraction of sp³-hybridized carbons (Fsp3) is 0.947. The lowest BCUT2D eigenvalue weighted by Crippen LogP contribution is -2.40. The van der Waals surface area contributed by atoms with Crippen molar-refractivity contribution in [3.05, 3.63) is 0 Å². The molecule has 0 N–H and O–H groups in total. The Balaban J connectivity index is 3.55. The van der Waals surface area contributed by atoms with Crippen molar-refractivity contribution in [2.24, 2.45) is 0 Å². The zero-order chi connectivity index (χ0) is 17.9. The maximum atomic E-state index is 11.4. The molecule has 0 radical (unpaired) electrons. The molecule has 0 aromatic carbocycles. The third-order valence-corrected chi connectivity index (χ3v) is 9.35. The fourth-order valence-corrected chi connectivity index (χ4v) is 3.24. The van der Waals surface area contributed by atoms with Crippen LogP contribution in [0.25, 0.3) is 0 Å². The van der Waals surface area contributed by atoms with Crippen LogP contribution in [0.15, 0.2) is 0 Å². The molecule has 0 aliphatic heterocycles. The summed E-state index contributed by atoms with van der Waals surface area (Å²) < 4.78 is 11.5. The first kappa shape index (κ1) is 22.6. The Kier molecular flexibility index (Phi) is 11.1. The topological polar surface area (TPSA) is 35.5 Å². The van der Waals surface area contributed by atoms with Gasteiger partial charge in [-0.05, 0) is 50.7 Å². The van der Waals surface area contributed by atoms with E-state index in [2.05, 4.69) is 33.9 Å². The van der Waals surface area contributed by atoms with E-state index in [0.29, 0.717) is 11.5 Å². The Morgan fingerprint density at radius 2 is 1.61 bits per heavy atom. The first-order valence-electron chi connectivity index (χ1n) is 9.43. The molecule has 4 heteroatoms. The van der Waals surface area contributed by atoms with E-state index in [-0.39, 0.29) is 12.1 Å². The molecule has 0 aliphatic rings. The summed E-state index contributed by atoms with van der Waals surface area (Å²) in [6, 6.07) is 0. The third-order valence-electron chi connectivity index (χ3n) is 4.81. The van der Waals surface area contributed by atoms with Crippen molar-refractivity contribution in [2.75, 3.05) is 6.61 Å². The Hall–Kier alpha value is -0.353. The van der Waals surface area contributed by atoms with Gasteiger partial charge in [0.25, 0.3) is 0 Å². The third kappa shape index (κ3) is 10.9. The summed E-state index contributed by atoms with van der Waals surface area (Å²) in [4.78, 5) is 11.4. The number of hydrogen-bond donors (Lipinski definition) is 0. The molecule has 138 valence electrons. The number of carbonyl (C=O) groups excluding carboxylic acids is 1. The van der Waals surface area contributed by atoms with E-state index in [1.54, 1.807) is 0 Å². The van der Waals surface area contributed by atoms with Gasteiger partial charge < -0.3 is 9.16 Å². The van der Waals surface area contributed by atoms with Gasteiger partial charge in [-0.1, -0.05) is 47.0 Å². The summed E-state index contributed by atoms with van der Waals surface area (Å²) in [5, 5.41) is 0.304. The molecule has 23 heavy (non-hydrogen) atoms. The first-order chi connectivity index (χ1) is 10.6. The van der Waals surface area contributed by atoms with E-state index in [0.717, 1.165) is 32.3 Å². The van der Waals surface area contributed by atoms with E-state index in [9.17, 15) is 4.79 Å². The van der Waals surface area contributed by atoms with Gasteiger partial charge in [-0.25, -0.2) is 0 Å². The molecule has 0 aromatic rings. The Morgan fingerprint density at radius 1 is 1.04 bits per heavy atom. The van der Waals surface area contributed by atoms with Gasteiger partial charge in [0.15, 0.2) is 8.32 Å². The molecule has 0 aliphatic carbocycles. The van der Waals surface area contributed by atoms with E-state index in [1.807, 2.05) is 13.8 Å². The number of esters is 1. The van der Waals surface area contributed by atoms with Gasteiger partial charge in [-0.3, -0.25) is 4.79 Å². The smallest absolute Gasteiger partial charge is 0.306 e. The minimum Gasteiger partial charge on any atom is -0.463 e. The van der Waals surface area contributed by atoms with Crippen LogP contribution in [0.1, 0.15) is 86.0 Å². The highest BCUT2D eigenvalue weighted by Crippen LogP contribution is 2.36. The summed E-state index contributed by atoms with van der Waals surface area (Å²) in [6.45, 7) is 16.4. The SMILES string of the molecule is CCCC(=O)O[C@H](C)CCCCCCCO[Si](C)(C)C(C)(C)C. The van der Waals surface area contributed by atoms with Gasteiger partial charge in [0.1, 0.15) is 0 Å². The van der Waals surface area contributed by atoms with Crippen LogP contribution >= 0.6 is 0 Å². The quantitative estimate of drug-likeness (QED) is 0.244. The standard InChI is InChI=1S/C19H40O3Si/c1-8-14-18(20)22-17(2)15-12-10-9-11-13-16-21-23(6,7)19(3,4)5/h17H,8-16H2,1-7H3/t17-/m1/s1. The van der Waals surface area contributed by atoms with E-state index in [1.165, 1.54) is 19.3 Å². The molecular formula is C19H40O3Si. The molecule has 0 amide bonds. The highest BCUT2D eigenvalue weighted by atomic mass is 28.4. The van der Waals surface area contributed by atoms with Crippen LogP contribution < -0.4 is 0 Å². The molecule has 0 unspecified atom stereocenters. The van der Waals surface area contributed by atoms with Crippen molar-refractivity contribution in [2.45, 2.75) is 110 Å². The molecule has 0 saturated carbocycles. The zero-order valence-electron chi connectivity index (χ0n) is 16.7. The summed E-state index contributed by atoms with van der Waals surface area (Å²) >= 11 is 0. The van der Waals surface area contributed by atoms with Gasteiger partial charge in [-0.2, -0.15) is 0 Å². The first-order valence-corrected chi connectivity index (χ1v) is 12.3. The van der Waals surface area contributed by atoms with Gasteiger partial charge in [0.05, 0.1) is 6.10 Å². The summed E-state index contributed by atoms with van der Waals surface area (Å²) in [6.07, 6.45) is 8.45. The number of ether oxygens (including phenoxy) is 1. The molecule has 0 rings (SSSR count). The summed E-state index contributed by atoms with van der Waals surface area (Å²) in [5.74, 6) is -0.0530. The number of unbranched alkanes of at least 4 members (excludes halogenated alkanes) is 4. The average molecular weight is 345 g/mol. The van der Waals surface area contributed by atoms with E-state index < -0.39 is 8.32 Å². The van der Waals surface area contributed by atoms with Crippen molar-refractivity contribution < 1.29 is 14.0 Å². The van der Waals surface area contributed by atoms with Crippen LogP contribution in [0.3, 0.4) is 0 Å². The van der Waals surface area contributed by atoms with Crippen LogP contribution in [0.5, 0.6) is 0 Å². The van der Waals surface area contributed by atoms with Gasteiger partial charge in [0, 0.05) is 13.0 Å². The highest BCUT2D eigenvalue weighted by molar-refractivity contribution is 6.74. The molecule has 0 fully saturated rings. The fourth-order valence-electron chi connectivity index (χ4n) is 2.15. The normalized spacial score (nSPS) is 13.9. The van der Waals surface area contributed by atoms with Gasteiger partial charge in [-0.15, -0.1) is 0 Å². The van der Waals surface area contributed by atoms with Crippen LogP contribution in [-0.2, 0) is 14.0 Å². The molecule has 3 nitrogen and oxygen atoms in total. The minimum atomic E-state index is -1.57. The minimum absolute atomic E-state index is 0.0530. The molecule has 0 heterocycles. The molecule has 0 spiro atoms. The predicted molar refractivity (Wildman–Crippen MR) is 101 cm³/mol. The van der Waals surface area contributed by atoms with E-state index in [4.69, 9.17) is 9.16 Å². The lowest BCUT2D eigenvalue weighted by Gasteiger charge is -2.36. The lowest BCUT2D eigenvalue weighted by atomic mass is 10.1. The van der Waals surface area contributed by atoms with Crippen LogP contribution in [-0.4, -0.2) is 27.0 Å². The van der Waals surface area contributed by atoms with Crippen LogP contribution in [0.2, 0.25) is 18.1 Å². The lowest BCUT2D eigenvalue weighted by molar-refractivity contribution is -0.148. The second-order valence-corrected chi connectivity index (χ2v) is 13.0. The number of carbonyl (C=O) groups is 1. The maximum absolute atomic E-state index is 11.4. The van der Waals surface area contributed by atoms with Gasteiger partial charge in [0.2, 0.25) is 0 Å². The molecular weight excluding hydrogens is 304 g/mol. The molecule has 0 aromatic heterocycles. The summed E-state index contributed by atoms with van der Waals surface area (Å²) in [7, 11) is -1.57. The highest BCUT2D eigenvalue weighted by Gasteiger charge is 2.36. The molecule has 0 saturated heterocycles. The maximum Gasteiger partial charge on any atom is 0.306 e. The van der Waals surface area contributed by atoms with Crippen molar-refractivity contribution in [3.8, 4) is 0 Å². The van der Waals surface area contributed by atoms with Crippen LogP contribution in [0.4, 0.5) is 0 Å². The van der Waals surface area contributed by atoms with E-state index >= 15 is 0 Å². The monoisotopic (exact) mass is 344 g/mol. The number of hydrogen-bond acceptors (Lipinski definition) is 3.